The Hall–Kier alpha value is -1.80. The van der Waals surface area contributed by atoms with Gasteiger partial charge in [-0.15, -0.1) is 0 Å². The maximum absolute atomic E-state index is 5.19. The second-order valence-corrected chi connectivity index (χ2v) is 5.28. The molecule has 2 nitrogen and oxygen atoms in total. The molecule has 112 valence electrons. The first-order valence-corrected chi connectivity index (χ1v) is 7.77. The molecule has 2 aromatic rings. The van der Waals surface area contributed by atoms with Crippen LogP contribution >= 0.6 is 0 Å². The Morgan fingerprint density at radius 3 is 2.05 bits per heavy atom. The van der Waals surface area contributed by atoms with E-state index < -0.39 is 0 Å². The second kappa shape index (κ2) is 8.48. The van der Waals surface area contributed by atoms with Gasteiger partial charge in [0.05, 0.1) is 7.11 Å². The number of rotatable bonds is 8. The van der Waals surface area contributed by atoms with E-state index in [1.807, 2.05) is 12.1 Å². The first-order chi connectivity index (χ1) is 10.3. The van der Waals surface area contributed by atoms with Gasteiger partial charge >= 0.3 is 0 Å². The Labute approximate surface area is 128 Å². The van der Waals surface area contributed by atoms with Crippen LogP contribution in [0.4, 0.5) is 0 Å². The fourth-order valence-corrected chi connectivity index (χ4v) is 2.31. The standard InChI is InChI=1S/C19H25NO/c1-3-4-14-20-15-13-16-5-7-17(8-6-16)18-9-11-19(21-2)12-10-18/h5-12,20H,3-4,13-15H2,1-2H3. The van der Waals surface area contributed by atoms with E-state index >= 15 is 0 Å². The van der Waals surface area contributed by atoms with Gasteiger partial charge in [0, 0.05) is 0 Å². The Morgan fingerprint density at radius 2 is 1.48 bits per heavy atom. The van der Waals surface area contributed by atoms with Crippen LogP contribution in [0.1, 0.15) is 25.3 Å². The number of nitrogens with one attached hydrogen (secondary N) is 1. The average molecular weight is 283 g/mol. The van der Waals surface area contributed by atoms with Crippen LogP contribution in [0.25, 0.3) is 11.1 Å². The third-order valence-electron chi connectivity index (χ3n) is 3.67. The van der Waals surface area contributed by atoms with Gasteiger partial charge in [-0.2, -0.15) is 0 Å². The van der Waals surface area contributed by atoms with Crippen LogP contribution < -0.4 is 10.1 Å². The molecule has 0 bridgehead atoms. The minimum atomic E-state index is 0.897. The lowest BCUT2D eigenvalue weighted by Crippen LogP contribution is -2.18. The largest absolute Gasteiger partial charge is 0.497 e. The molecule has 0 saturated heterocycles. The Morgan fingerprint density at radius 1 is 0.857 bits per heavy atom. The number of unbranched alkanes of at least 4 members (excludes halogenated alkanes) is 1. The van der Waals surface area contributed by atoms with Gasteiger partial charge in [-0.25, -0.2) is 0 Å². The predicted octanol–water partition coefficient (Wildman–Crippen LogP) is 4.29. The summed E-state index contributed by atoms with van der Waals surface area (Å²) in [4.78, 5) is 0. The predicted molar refractivity (Wildman–Crippen MR) is 89.9 cm³/mol. The highest BCUT2D eigenvalue weighted by Gasteiger charge is 1.99. The molecule has 0 aliphatic carbocycles. The lowest BCUT2D eigenvalue weighted by Gasteiger charge is -2.07. The fraction of sp³-hybridized carbons (Fsp3) is 0.368. The van der Waals surface area contributed by atoms with Crippen LogP contribution in [0.5, 0.6) is 5.75 Å². The molecule has 0 aromatic heterocycles. The van der Waals surface area contributed by atoms with Gasteiger partial charge in [-0.05, 0) is 54.8 Å². The van der Waals surface area contributed by atoms with Crippen molar-refractivity contribution in [3.63, 3.8) is 0 Å². The van der Waals surface area contributed by atoms with Crippen LogP contribution in [-0.4, -0.2) is 20.2 Å². The molecule has 0 atom stereocenters. The van der Waals surface area contributed by atoms with Crippen molar-refractivity contribution >= 4 is 0 Å². The minimum absolute atomic E-state index is 0.897. The van der Waals surface area contributed by atoms with E-state index in [1.165, 1.54) is 29.5 Å². The summed E-state index contributed by atoms with van der Waals surface area (Å²) in [7, 11) is 1.69. The number of methoxy groups -OCH3 is 1. The number of benzene rings is 2. The molecule has 2 aromatic carbocycles. The molecule has 1 N–H and O–H groups in total. The zero-order valence-corrected chi connectivity index (χ0v) is 13.1. The van der Waals surface area contributed by atoms with Crippen LogP contribution in [0.3, 0.4) is 0 Å². The third-order valence-corrected chi connectivity index (χ3v) is 3.67. The van der Waals surface area contributed by atoms with Gasteiger partial charge in [0.25, 0.3) is 0 Å². The van der Waals surface area contributed by atoms with Crippen molar-refractivity contribution in [2.45, 2.75) is 26.2 Å². The molecule has 0 amide bonds. The van der Waals surface area contributed by atoms with Crippen LogP contribution in [0.2, 0.25) is 0 Å². The minimum Gasteiger partial charge on any atom is -0.497 e. The first kappa shape index (κ1) is 15.6. The van der Waals surface area contributed by atoms with E-state index in [2.05, 4.69) is 48.6 Å². The maximum atomic E-state index is 5.19. The topological polar surface area (TPSA) is 21.3 Å². The molecule has 2 rings (SSSR count). The summed E-state index contributed by atoms with van der Waals surface area (Å²) >= 11 is 0. The second-order valence-electron chi connectivity index (χ2n) is 5.28. The summed E-state index contributed by atoms with van der Waals surface area (Å²) in [6.45, 7) is 4.40. The summed E-state index contributed by atoms with van der Waals surface area (Å²) in [5, 5.41) is 3.48. The normalized spacial score (nSPS) is 10.6. The molecule has 21 heavy (non-hydrogen) atoms. The van der Waals surface area contributed by atoms with Crippen LogP contribution in [0.15, 0.2) is 48.5 Å². The number of hydrogen-bond donors (Lipinski definition) is 1. The molecule has 0 aliphatic heterocycles. The molecule has 0 aliphatic rings. The Balaban J connectivity index is 1.88. The van der Waals surface area contributed by atoms with Crippen molar-refractivity contribution in [3.05, 3.63) is 54.1 Å². The SMILES string of the molecule is CCCCNCCc1ccc(-c2ccc(OC)cc2)cc1. The zero-order chi connectivity index (χ0) is 14.9. The van der Waals surface area contributed by atoms with Crippen molar-refractivity contribution in [2.24, 2.45) is 0 Å². The summed E-state index contributed by atoms with van der Waals surface area (Å²) in [6.07, 6.45) is 3.60. The lowest BCUT2D eigenvalue weighted by atomic mass is 10.0. The van der Waals surface area contributed by atoms with E-state index in [4.69, 9.17) is 4.74 Å². The van der Waals surface area contributed by atoms with Gasteiger partial charge in [0.15, 0.2) is 0 Å². The van der Waals surface area contributed by atoms with Gasteiger partial charge in [-0.1, -0.05) is 49.7 Å². The van der Waals surface area contributed by atoms with E-state index in [1.54, 1.807) is 7.11 Å². The summed E-state index contributed by atoms with van der Waals surface area (Å²) in [5.74, 6) is 0.897. The van der Waals surface area contributed by atoms with Crippen LogP contribution in [-0.2, 0) is 6.42 Å². The fourth-order valence-electron chi connectivity index (χ4n) is 2.31. The van der Waals surface area contributed by atoms with Crippen molar-refractivity contribution in [3.8, 4) is 16.9 Å². The molecule has 0 fully saturated rings. The van der Waals surface area contributed by atoms with Crippen molar-refractivity contribution in [1.29, 1.82) is 0 Å². The quantitative estimate of drug-likeness (QED) is 0.730. The smallest absolute Gasteiger partial charge is 0.118 e. The van der Waals surface area contributed by atoms with E-state index in [0.29, 0.717) is 0 Å². The number of ether oxygens (including phenoxy) is 1. The van der Waals surface area contributed by atoms with E-state index in [0.717, 1.165) is 25.3 Å². The van der Waals surface area contributed by atoms with Gasteiger partial charge < -0.3 is 10.1 Å². The monoisotopic (exact) mass is 283 g/mol. The molecule has 2 heteroatoms. The third kappa shape index (κ3) is 4.91. The molecule has 0 heterocycles. The first-order valence-electron chi connectivity index (χ1n) is 7.77. The van der Waals surface area contributed by atoms with Crippen molar-refractivity contribution < 1.29 is 4.74 Å². The number of hydrogen-bond acceptors (Lipinski definition) is 2. The lowest BCUT2D eigenvalue weighted by molar-refractivity contribution is 0.415. The molecule has 0 radical (unpaired) electrons. The summed E-state index contributed by atoms with van der Waals surface area (Å²) < 4.78 is 5.19. The highest BCUT2D eigenvalue weighted by molar-refractivity contribution is 5.64. The molecular formula is C19H25NO. The average Bonchev–Trinajstić information content (AvgIpc) is 2.55. The Kier molecular flexibility index (Phi) is 6.29. The molecule has 0 saturated carbocycles. The van der Waals surface area contributed by atoms with Crippen molar-refractivity contribution in [1.82, 2.24) is 5.32 Å². The molecule has 0 spiro atoms. The van der Waals surface area contributed by atoms with Gasteiger partial charge in [0.2, 0.25) is 0 Å². The summed E-state index contributed by atoms with van der Waals surface area (Å²) in [6, 6.07) is 17.0. The highest BCUT2D eigenvalue weighted by atomic mass is 16.5. The highest BCUT2D eigenvalue weighted by Crippen LogP contribution is 2.22. The zero-order valence-electron chi connectivity index (χ0n) is 13.1. The molecule has 0 unspecified atom stereocenters. The Bertz CT molecular complexity index is 516. The van der Waals surface area contributed by atoms with E-state index in [9.17, 15) is 0 Å². The van der Waals surface area contributed by atoms with Crippen LogP contribution in [0, 0.1) is 0 Å². The maximum Gasteiger partial charge on any atom is 0.118 e. The van der Waals surface area contributed by atoms with Gasteiger partial charge in [-0.3, -0.25) is 0 Å². The van der Waals surface area contributed by atoms with Gasteiger partial charge in [0.1, 0.15) is 5.75 Å². The van der Waals surface area contributed by atoms with Crippen molar-refractivity contribution in [2.75, 3.05) is 20.2 Å². The van der Waals surface area contributed by atoms with E-state index in [-0.39, 0.29) is 0 Å². The molecular weight excluding hydrogens is 258 g/mol. The summed E-state index contributed by atoms with van der Waals surface area (Å²) in [5.41, 5.74) is 3.86.